The molecule has 0 saturated heterocycles. The Bertz CT molecular complexity index is 1280. The number of nitrogens with two attached hydrogens (primary N) is 1. The molecule has 0 aliphatic heterocycles. The second-order valence-electron chi connectivity index (χ2n) is 7.27. The molecule has 178 valence electrons. The van der Waals surface area contributed by atoms with Crippen LogP contribution in [0.25, 0.3) is 21.3 Å². The highest BCUT2D eigenvalue weighted by molar-refractivity contribution is 7.18. The highest BCUT2D eigenvalue weighted by Crippen LogP contribution is 2.31. The highest BCUT2D eigenvalue weighted by atomic mass is 35.5. The number of rotatable bonds is 6. The smallest absolute Gasteiger partial charge is 0.396 e. The fraction of sp³-hybridized carbons (Fsp3) is 0.182. The number of aliphatic hydroxyl groups excluding tert-OH is 1. The van der Waals surface area contributed by atoms with E-state index in [1.165, 1.54) is 12.1 Å². The van der Waals surface area contributed by atoms with Crippen LogP contribution in [0, 0.1) is 0 Å². The summed E-state index contributed by atoms with van der Waals surface area (Å²) in [6.45, 7) is -0.521. The summed E-state index contributed by atoms with van der Waals surface area (Å²) in [6, 6.07) is 10.5. The molecule has 7 nitrogen and oxygen atoms in total. The van der Waals surface area contributed by atoms with Crippen LogP contribution in [0.4, 0.5) is 18.3 Å². The SMILES string of the molecule is Cl.N[C@H](C(=O)Nc1nnc(-c2ccc3cnccc3c2)s1)[C@@H](CO)c1ccc(C(F)(F)F)cc1. The van der Waals surface area contributed by atoms with Gasteiger partial charge in [0.15, 0.2) is 0 Å². The standard InChI is InChI=1S/C22H18F3N5O2S.ClH/c23-22(24,25)16-5-3-12(4-6-16)17(11-31)18(26)19(32)28-21-30-29-20(33-21)14-1-2-15-10-27-8-7-13(15)9-14;/h1-10,17-18,31H,11,26H2,(H,28,30,32);1H/t17-,18-;/m0./s1. The number of alkyl halides is 3. The first-order valence-corrected chi connectivity index (χ1v) is 10.6. The maximum absolute atomic E-state index is 12.8. The lowest BCUT2D eigenvalue weighted by molar-refractivity contribution is -0.137. The van der Waals surface area contributed by atoms with Crippen molar-refractivity contribution in [2.24, 2.45) is 5.73 Å². The van der Waals surface area contributed by atoms with Crippen molar-refractivity contribution in [2.45, 2.75) is 18.1 Å². The third kappa shape index (κ3) is 5.50. The van der Waals surface area contributed by atoms with Gasteiger partial charge in [0.2, 0.25) is 11.0 Å². The Balaban J connectivity index is 0.00000324. The number of amides is 1. The Hall–Kier alpha value is -3.12. The van der Waals surface area contributed by atoms with Crippen molar-refractivity contribution in [1.82, 2.24) is 15.2 Å². The minimum absolute atomic E-state index is 0. The number of benzene rings is 2. The van der Waals surface area contributed by atoms with Crippen molar-refractivity contribution in [2.75, 3.05) is 11.9 Å². The van der Waals surface area contributed by atoms with Crippen LogP contribution in [-0.2, 0) is 11.0 Å². The summed E-state index contributed by atoms with van der Waals surface area (Å²) < 4.78 is 38.3. The lowest BCUT2D eigenvalue weighted by Crippen LogP contribution is -2.42. The second kappa shape index (κ2) is 10.4. The monoisotopic (exact) mass is 509 g/mol. The van der Waals surface area contributed by atoms with Gasteiger partial charge in [0.05, 0.1) is 18.2 Å². The van der Waals surface area contributed by atoms with E-state index in [1.54, 1.807) is 12.4 Å². The number of pyridine rings is 1. The van der Waals surface area contributed by atoms with Gasteiger partial charge in [-0.05, 0) is 35.2 Å². The van der Waals surface area contributed by atoms with Crippen LogP contribution in [0.15, 0.2) is 60.9 Å². The predicted octanol–water partition coefficient (Wildman–Crippen LogP) is 4.24. The van der Waals surface area contributed by atoms with Crippen molar-refractivity contribution in [3.63, 3.8) is 0 Å². The molecule has 0 fully saturated rings. The molecule has 34 heavy (non-hydrogen) atoms. The third-order valence-electron chi connectivity index (χ3n) is 5.14. The van der Waals surface area contributed by atoms with Gasteiger partial charge in [-0.15, -0.1) is 22.6 Å². The molecule has 0 radical (unpaired) electrons. The van der Waals surface area contributed by atoms with Gasteiger partial charge in [-0.3, -0.25) is 15.1 Å². The molecule has 2 aromatic heterocycles. The van der Waals surface area contributed by atoms with Crippen LogP contribution in [0.1, 0.15) is 17.0 Å². The van der Waals surface area contributed by atoms with E-state index in [4.69, 9.17) is 5.73 Å². The van der Waals surface area contributed by atoms with E-state index in [0.29, 0.717) is 10.6 Å². The van der Waals surface area contributed by atoms with E-state index in [-0.39, 0.29) is 17.5 Å². The van der Waals surface area contributed by atoms with Crippen molar-refractivity contribution in [3.05, 3.63) is 72.1 Å². The zero-order chi connectivity index (χ0) is 23.6. The highest BCUT2D eigenvalue weighted by Gasteiger charge is 2.31. The van der Waals surface area contributed by atoms with Crippen LogP contribution in [0.5, 0.6) is 0 Å². The summed E-state index contributed by atoms with van der Waals surface area (Å²) in [5, 5.41) is 23.1. The summed E-state index contributed by atoms with van der Waals surface area (Å²) in [7, 11) is 0. The first-order chi connectivity index (χ1) is 15.8. The molecule has 2 aromatic carbocycles. The molecule has 4 rings (SSSR count). The van der Waals surface area contributed by atoms with Crippen LogP contribution < -0.4 is 11.1 Å². The van der Waals surface area contributed by atoms with Gasteiger partial charge >= 0.3 is 6.18 Å². The van der Waals surface area contributed by atoms with Crippen LogP contribution in [0.2, 0.25) is 0 Å². The molecule has 12 heteroatoms. The molecule has 4 aromatic rings. The average Bonchev–Trinajstić information content (AvgIpc) is 3.27. The topological polar surface area (TPSA) is 114 Å². The van der Waals surface area contributed by atoms with Crippen molar-refractivity contribution < 1.29 is 23.1 Å². The molecule has 0 unspecified atom stereocenters. The summed E-state index contributed by atoms with van der Waals surface area (Å²) in [4.78, 5) is 16.7. The van der Waals surface area contributed by atoms with E-state index >= 15 is 0 Å². The van der Waals surface area contributed by atoms with Crippen LogP contribution >= 0.6 is 23.7 Å². The molecular weight excluding hydrogens is 491 g/mol. The summed E-state index contributed by atoms with van der Waals surface area (Å²) >= 11 is 1.15. The average molecular weight is 510 g/mol. The Morgan fingerprint density at radius 3 is 2.50 bits per heavy atom. The number of anilines is 1. The molecule has 0 spiro atoms. The number of hydrogen-bond donors (Lipinski definition) is 3. The van der Waals surface area contributed by atoms with Crippen molar-refractivity contribution in [1.29, 1.82) is 0 Å². The van der Waals surface area contributed by atoms with E-state index in [0.717, 1.165) is 39.8 Å². The fourth-order valence-electron chi connectivity index (χ4n) is 3.32. The number of hydrogen-bond acceptors (Lipinski definition) is 7. The number of carbonyl (C=O) groups is 1. The summed E-state index contributed by atoms with van der Waals surface area (Å²) in [6.07, 6.45) is -1.04. The van der Waals surface area contributed by atoms with Gasteiger partial charge in [0.1, 0.15) is 5.01 Å². The Kier molecular flexibility index (Phi) is 7.82. The fourth-order valence-corrected chi connectivity index (χ4v) is 4.07. The van der Waals surface area contributed by atoms with E-state index in [2.05, 4.69) is 20.5 Å². The van der Waals surface area contributed by atoms with Crippen molar-refractivity contribution >= 4 is 45.6 Å². The number of fused-ring (bicyclic) bond motifs is 1. The van der Waals surface area contributed by atoms with Crippen molar-refractivity contribution in [3.8, 4) is 10.6 Å². The van der Waals surface area contributed by atoms with Gasteiger partial charge in [-0.2, -0.15) is 13.2 Å². The second-order valence-corrected chi connectivity index (χ2v) is 8.25. The lowest BCUT2D eigenvalue weighted by Gasteiger charge is -2.21. The number of halogens is 4. The third-order valence-corrected chi connectivity index (χ3v) is 6.03. The molecule has 2 heterocycles. The van der Waals surface area contributed by atoms with Gasteiger partial charge in [0.25, 0.3) is 0 Å². The molecule has 4 N–H and O–H groups in total. The zero-order valence-corrected chi connectivity index (χ0v) is 19.0. The molecule has 0 aliphatic carbocycles. The van der Waals surface area contributed by atoms with Gasteiger partial charge < -0.3 is 10.8 Å². The van der Waals surface area contributed by atoms with E-state index in [9.17, 15) is 23.1 Å². The van der Waals surface area contributed by atoms with E-state index in [1.807, 2.05) is 24.3 Å². The number of aliphatic hydroxyl groups is 1. The Morgan fingerprint density at radius 1 is 1.09 bits per heavy atom. The molecule has 1 amide bonds. The van der Waals surface area contributed by atoms with E-state index < -0.39 is 36.2 Å². The number of nitrogens with zero attached hydrogens (tertiary/aromatic N) is 3. The largest absolute Gasteiger partial charge is 0.416 e. The molecular formula is C22H19ClF3N5O2S. The Morgan fingerprint density at radius 2 is 1.82 bits per heavy atom. The van der Waals surface area contributed by atoms with Crippen LogP contribution in [-0.4, -0.2) is 38.8 Å². The number of nitrogens with one attached hydrogen (secondary N) is 1. The van der Waals surface area contributed by atoms with Gasteiger partial charge in [-0.25, -0.2) is 0 Å². The molecule has 0 aliphatic rings. The first-order valence-electron chi connectivity index (χ1n) is 9.78. The summed E-state index contributed by atoms with van der Waals surface area (Å²) in [5.74, 6) is -1.53. The maximum atomic E-state index is 12.8. The number of aromatic nitrogens is 3. The Labute approximate surface area is 202 Å². The first kappa shape index (κ1) is 25.5. The zero-order valence-electron chi connectivity index (χ0n) is 17.4. The minimum Gasteiger partial charge on any atom is -0.396 e. The maximum Gasteiger partial charge on any atom is 0.416 e. The molecule has 2 atom stereocenters. The van der Waals surface area contributed by atoms with Gasteiger partial charge in [0, 0.05) is 29.3 Å². The predicted molar refractivity (Wildman–Crippen MR) is 126 cm³/mol. The molecule has 0 bridgehead atoms. The number of carbonyl (C=O) groups excluding carboxylic acids is 1. The molecule has 0 saturated carbocycles. The van der Waals surface area contributed by atoms with Gasteiger partial charge in [-0.1, -0.05) is 35.6 Å². The quantitative estimate of drug-likeness (QED) is 0.358. The normalized spacial score (nSPS) is 13.2. The summed E-state index contributed by atoms with van der Waals surface area (Å²) in [5.41, 5.74) is 6.32. The minimum atomic E-state index is -4.48. The van der Waals surface area contributed by atoms with Crippen LogP contribution in [0.3, 0.4) is 0 Å². The lowest BCUT2D eigenvalue weighted by atomic mass is 9.91.